The summed E-state index contributed by atoms with van der Waals surface area (Å²) in [6.07, 6.45) is 0.278. The first kappa shape index (κ1) is 17.7. The topological polar surface area (TPSA) is 72.8 Å². The van der Waals surface area contributed by atoms with Crippen molar-refractivity contribution in [2.75, 3.05) is 13.2 Å². The van der Waals surface area contributed by atoms with Crippen LogP contribution in [-0.4, -0.2) is 30.3 Å². The van der Waals surface area contributed by atoms with Crippen molar-refractivity contribution in [2.45, 2.75) is 20.3 Å². The molecule has 1 N–H and O–H groups in total. The molecule has 0 saturated heterocycles. The number of benzene rings is 1. The first-order chi connectivity index (χ1) is 10.5. The van der Waals surface area contributed by atoms with E-state index in [0.29, 0.717) is 0 Å². The van der Waals surface area contributed by atoms with Gasteiger partial charge in [0, 0.05) is 12.0 Å². The fourth-order valence-corrected chi connectivity index (χ4v) is 1.59. The molecule has 0 bridgehead atoms. The molecule has 0 unspecified atom stereocenters. The van der Waals surface area contributed by atoms with Crippen LogP contribution in [0.15, 0.2) is 53.8 Å². The van der Waals surface area contributed by atoms with E-state index in [1.165, 1.54) is 13.8 Å². The van der Waals surface area contributed by atoms with E-state index in [-0.39, 0.29) is 36.5 Å². The molecule has 118 valence electrons. The Labute approximate surface area is 129 Å². The number of allylic oxidation sites excluding steroid dienone is 1. The Balaban J connectivity index is 3.01. The van der Waals surface area contributed by atoms with Crippen LogP contribution in [0.3, 0.4) is 0 Å². The Bertz CT molecular complexity index is 572. The molecule has 0 heterocycles. The molecule has 0 radical (unpaired) electrons. The van der Waals surface area contributed by atoms with Crippen LogP contribution in [0, 0.1) is 0 Å². The predicted octanol–water partition coefficient (Wildman–Crippen LogP) is 2.16. The second-order valence-electron chi connectivity index (χ2n) is 4.74. The van der Waals surface area contributed by atoms with E-state index in [0.717, 1.165) is 5.56 Å². The lowest BCUT2D eigenvalue weighted by Crippen LogP contribution is -2.15. The van der Waals surface area contributed by atoms with Gasteiger partial charge in [-0.05, 0) is 19.4 Å². The molecule has 0 spiro atoms. The van der Waals surface area contributed by atoms with E-state index < -0.39 is 11.9 Å². The lowest BCUT2D eigenvalue weighted by Gasteiger charge is -2.12. The van der Waals surface area contributed by atoms with Gasteiger partial charge in [-0.2, -0.15) is 0 Å². The monoisotopic (exact) mass is 304 g/mol. The maximum Gasteiger partial charge on any atom is 0.338 e. The van der Waals surface area contributed by atoms with Gasteiger partial charge in [0.15, 0.2) is 0 Å². The number of hydrogen-bond acceptors (Lipinski definition) is 5. The van der Waals surface area contributed by atoms with Crippen molar-refractivity contribution < 1.29 is 24.2 Å². The molecule has 1 aromatic carbocycles. The summed E-state index contributed by atoms with van der Waals surface area (Å²) in [6, 6.07) is 9.30. The average molecular weight is 304 g/mol. The van der Waals surface area contributed by atoms with E-state index in [2.05, 4.69) is 6.58 Å². The van der Waals surface area contributed by atoms with Gasteiger partial charge in [-0.1, -0.05) is 36.9 Å². The zero-order valence-electron chi connectivity index (χ0n) is 12.8. The van der Waals surface area contributed by atoms with Crippen LogP contribution in [0.2, 0.25) is 0 Å². The maximum atomic E-state index is 11.9. The molecule has 0 aliphatic heterocycles. The maximum absolute atomic E-state index is 11.9. The summed E-state index contributed by atoms with van der Waals surface area (Å²) < 4.78 is 10.1. The molecule has 0 atom stereocenters. The molecule has 22 heavy (non-hydrogen) atoms. The fraction of sp³-hybridized carbons (Fsp3) is 0.294. The molecule has 0 saturated carbocycles. The van der Waals surface area contributed by atoms with Gasteiger partial charge in [0.25, 0.3) is 0 Å². The highest BCUT2D eigenvalue weighted by Gasteiger charge is 2.17. The third-order valence-corrected chi connectivity index (χ3v) is 2.82. The Kier molecular flexibility index (Phi) is 7.05. The molecule has 5 heteroatoms. The molecule has 0 aromatic heterocycles. The molecule has 0 aliphatic carbocycles. The SMILES string of the molecule is C=C(C)C(=O)O/C(Cc1ccccc1)=C(/C)C(=O)OCCO. The van der Waals surface area contributed by atoms with E-state index in [9.17, 15) is 9.59 Å². The van der Waals surface area contributed by atoms with Crippen molar-refractivity contribution in [3.8, 4) is 0 Å². The smallest absolute Gasteiger partial charge is 0.338 e. The van der Waals surface area contributed by atoms with Gasteiger partial charge in [0.1, 0.15) is 12.4 Å². The van der Waals surface area contributed by atoms with Crippen LogP contribution in [0.5, 0.6) is 0 Å². The highest BCUT2D eigenvalue weighted by Crippen LogP contribution is 2.16. The Morgan fingerprint density at radius 3 is 2.32 bits per heavy atom. The van der Waals surface area contributed by atoms with Gasteiger partial charge in [-0.15, -0.1) is 0 Å². The number of rotatable bonds is 7. The van der Waals surface area contributed by atoms with Crippen molar-refractivity contribution in [3.05, 3.63) is 59.4 Å². The molecule has 5 nitrogen and oxygen atoms in total. The van der Waals surface area contributed by atoms with Crippen molar-refractivity contribution in [1.29, 1.82) is 0 Å². The summed E-state index contributed by atoms with van der Waals surface area (Å²) in [5, 5.41) is 8.70. The molecule has 0 aliphatic rings. The van der Waals surface area contributed by atoms with E-state index in [1.807, 2.05) is 30.3 Å². The summed E-state index contributed by atoms with van der Waals surface area (Å²) in [6.45, 7) is 6.20. The molecule has 1 aromatic rings. The van der Waals surface area contributed by atoms with E-state index >= 15 is 0 Å². The van der Waals surface area contributed by atoms with Gasteiger partial charge in [0.2, 0.25) is 0 Å². The molecular formula is C17H20O5. The first-order valence-corrected chi connectivity index (χ1v) is 6.85. The van der Waals surface area contributed by atoms with Crippen molar-refractivity contribution in [2.24, 2.45) is 0 Å². The third kappa shape index (κ3) is 5.54. The van der Waals surface area contributed by atoms with Crippen LogP contribution in [0.25, 0.3) is 0 Å². The highest BCUT2D eigenvalue weighted by atomic mass is 16.6. The van der Waals surface area contributed by atoms with E-state index in [4.69, 9.17) is 14.6 Å². The summed E-state index contributed by atoms with van der Waals surface area (Å²) >= 11 is 0. The number of ether oxygens (including phenoxy) is 2. The lowest BCUT2D eigenvalue weighted by molar-refractivity contribution is -0.140. The Hall–Kier alpha value is -2.40. The second kappa shape index (κ2) is 8.79. The molecule has 0 amide bonds. The third-order valence-electron chi connectivity index (χ3n) is 2.82. The first-order valence-electron chi connectivity index (χ1n) is 6.85. The minimum atomic E-state index is -0.630. The number of carbonyl (C=O) groups excluding carboxylic acids is 2. The van der Waals surface area contributed by atoms with Crippen LogP contribution >= 0.6 is 0 Å². The lowest BCUT2D eigenvalue weighted by atomic mass is 10.1. The normalized spacial score (nSPS) is 11.4. The summed E-state index contributed by atoms with van der Waals surface area (Å²) in [7, 11) is 0. The summed E-state index contributed by atoms with van der Waals surface area (Å²) in [5.41, 5.74) is 1.32. The predicted molar refractivity (Wildman–Crippen MR) is 81.8 cm³/mol. The average Bonchev–Trinajstić information content (AvgIpc) is 2.52. The van der Waals surface area contributed by atoms with Crippen LogP contribution in [0.4, 0.5) is 0 Å². The van der Waals surface area contributed by atoms with Gasteiger partial charge >= 0.3 is 11.9 Å². The number of esters is 2. The molecule has 1 rings (SSSR count). The fourth-order valence-electron chi connectivity index (χ4n) is 1.59. The highest BCUT2D eigenvalue weighted by molar-refractivity contribution is 5.91. The van der Waals surface area contributed by atoms with E-state index in [1.54, 1.807) is 0 Å². The van der Waals surface area contributed by atoms with Crippen LogP contribution < -0.4 is 0 Å². The largest absolute Gasteiger partial charge is 0.460 e. The van der Waals surface area contributed by atoms with Gasteiger partial charge in [-0.25, -0.2) is 9.59 Å². The standard InChI is InChI=1S/C17H20O5/c1-12(2)16(19)22-15(11-14-7-5-4-6-8-14)13(3)17(20)21-10-9-18/h4-8,18H,1,9-11H2,2-3H3/b15-13-. The summed E-state index contributed by atoms with van der Waals surface area (Å²) in [4.78, 5) is 23.6. The quantitative estimate of drug-likeness (QED) is 0.475. The van der Waals surface area contributed by atoms with Crippen molar-refractivity contribution in [3.63, 3.8) is 0 Å². The number of aliphatic hydroxyl groups is 1. The number of hydrogen-bond donors (Lipinski definition) is 1. The zero-order valence-corrected chi connectivity index (χ0v) is 12.8. The minimum Gasteiger partial charge on any atom is -0.460 e. The van der Waals surface area contributed by atoms with Gasteiger partial charge < -0.3 is 14.6 Å². The Morgan fingerprint density at radius 1 is 1.14 bits per heavy atom. The Morgan fingerprint density at radius 2 is 1.77 bits per heavy atom. The van der Waals surface area contributed by atoms with Gasteiger partial charge in [0.05, 0.1) is 12.2 Å². The van der Waals surface area contributed by atoms with Crippen LogP contribution in [0.1, 0.15) is 19.4 Å². The summed E-state index contributed by atoms with van der Waals surface area (Å²) in [5.74, 6) is -1.02. The van der Waals surface area contributed by atoms with Crippen molar-refractivity contribution in [1.82, 2.24) is 0 Å². The zero-order chi connectivity index (χ0) is 16.5. The molecule has 0 fully saturated rings. The number of aliphatic hydroxyl groups excluding tert-OH is 1. The van der Waals surface area contributed by atoms with Crippen LogP contribution in [-0.2, 0) is 25.5 Å². The van der Waals surface area contributed by atoms with Gasteiger partial charge in [-0.3, -0.25) is 0 Å². The van der Waals surface area contributed by atoms with Crippen molar-refractivity contribution >= 4 is 11.9 Å². The minimum absolute atomic E-state index is 0.108. The second-order valence-corrected chi connectivity index (χ2v) is 4.74. The number of carbonyl (C=O) groups is 2. The molecular weight excluding hydrogens is 284 g/mol.